The first-order chi connectivity index (χ1) is 5.57. The lowest BCUT2D eigenvalue weighted by molar-refractivity contribution is -0.402. The zero-order chi connectivity index (χ0) is 9.56. The maximum absolute atomic E-state index is 9.90. The van der Waals surface area contributed by atoms with Gasteiger partial charge >= 0.3 is 0 Å². The summed E-state index contributed by atoms with van der Waals surface area (Å²) in [6, 6.07) is 0.284. The average Bonchev–Trinajstić information content (AvgIpc) is 2.02. The molecule has 0 fully saturated rings. The SMILES string of the molecule is CCC(C)C(C)NC=C[N+](=O)[O-]. The second-order valence-corrected chi connectivity index (χ2v) is 2.94. The summed E-state index contributed by atoms with van der Waals surface area (Å²) in [6.07, 6.45) is 3.37. The van der Waals surface area contributed by atoms with E-state index >= 15 is 0 Å². The fraction of sp³-hybridized carbons (Fsp3) is 0.750. The molecule has 2 atom stereocenters. The Morgan fingerprint density at radius 3 is 2.58 bits per heavy atom. The van der Waals surface area contributed by atoms with Crippen molar-refractivity contribution in [3.63, 3.8) is 0 Å². The molecule has 0 aromatic carbocycles. The second kappa shape index (κ2) is 5.57. The van der Waals surface area contributed by atoms with Crippen molar-refractivity contribution >= 4 is 0 Å². The fourth-order valence-corrected chi connectivity index (χ4v) is 0.773. The van der Waals surface area contributed by atoms with Crippen LogP contribution in [0, 0.1) is 16.0 Å². The summed E-state index contributed by atoms with van der Waals surface area (Å²) in [6.45, 7) is 6.22. The van der Waals surface area contributed by atoms with Gasteiger partial charge in [0.2, 0.25) is 6.20 Å². The number of nitrogens with one attached hydrogen (secondary N) is 1. The number of hydrogen-bond donors (Lipinski definition) is 1. The molecule has 0 rings (SSSR count). The van der Waals surface area contributed by atoms with Crippen LogP contribution in [0.1, 0.15) is 27.2 Å². The van der Waals surface area contributed by atoms with E-state index in [-0.39, 0.29) is 6.04 Å². The van der Waals surface area contributed by atoms with E-state index in [9.17, 15) is 10.1 Å². The van der Waals surface area contributed by atoms with Crippen molar-refractivity contribution in [3.8, 4) is 0 Å². The minimum atomic E-state index is -0.476. The Morgan fingerprint density at radius 1 is 1.58 bits per heavy atom. The van der Waals surface area contributed by atoms with E-state index in [0.717, 1.165) is 12.6 Å². The van der Waals surface area contributed by atoms with Gasteiger partial charge in [-0.05, 0) is 12.8 Å². The molecule has 1 N–H and O–H groups in total. The summed E-state index contributed by atoms with van der Waals surface area (Å²) in [4.78, 5) is 9.42. The summed E-state index contributed by atoms with van der Waals surface area (Å²) in [5.74, 6) is 0.529. The van der Waals surface area contributed by atoms with E-state index in [0.29, 0.717) is 5.92 Å². The molecule has 0 saturated heterocycles. The highest BCUT2D eigenvalue weighted by molar-refractivity contribution is 4.76. The molecule has 0 bridgehead atoms. The maximum atomic E-state index is 9.90. The summed E-state index contributed by atoms with van der Waals surface area (Å²) in [7, 11) is 0. The van der Waals surface area contributed by atoms with E-state index in [1.807, 2.05) is 6.92 Å². The molecule has 2 unspecified atom stereocenters. The number of nitro groups is 1. The van der Waals surface area contributed by atoms with Gasteiger partial charge < -0.3 is 5.32 Å². The lowest BCUT2D eigenvalue weighted by Gasteiger charge is -2.17. The van der Waals surface area contributed by atoms with Crippen LogP contribution in [-0.2, 0) is 0 Å². The van der Waals surface area contributed by atoms with Crippen molar-refractivity contribution in [2.75, 3.05) is 0 Å². The Bertz CT molecular complexity index is 168. The maximum Gasteiger partial charge on any atom is 0.249 e. The molecular weight excluding hydrogens is 156 g/mol. The number of nitrogens with zero attached hydrogens (tertiary/aromatic N) is 1. The first-order valence-electron chi connectivity index (χ1n) is 4.14. The molecule has 70 valence electrons. The summed E-state index contributed by atoms with van der Waals surface area (Å²) >= 11 is 0. The molecule has 4 heteroatoms. The standard InChI is InChI=1S/C8H16N2O2/c1-4-7(2)8(3)9-5-6-10(11)12/h5-9H,4H2,1-3H3. The average molecular weight is 172 g/mol. The van der Waals surface area contributed by atoms with Crippen LogP contribution in [0.4, 0.5) is 0 Å². The van der Waals surface area contributed by atoms with Crippen molar-refractivity contribution < 1.29 is 4.92 Å². The van der Waals surface area contributed by atoms with Crippen LogP contribution in [0.15, 0.2) is 12.4 Å². The van der Waals surface area contributed by atoms with E-state index in [2.05, 4.69) is 19.2 Å². The second-order valence-electron chi connectivity index (χ2n) is 2.94. The van der Waals surface area contributed by atoms with Crippen LogP contribution in [0.3, 0.4) is 0 Å². The van der Waals surface area contributed by atoms with Gasteiger partial charge in [-0.2, -0.15) is 0 Å². The van der Waals surface area contributed by atoms with Crippen LogP contribution in [-0.4, -0.2) is 11.0 Å². The van der Waals surface area contributed by atoms with Gasteiger partial charge in [0.25, 0.3) is 0 Å². The highest BCUT2D eigenvalue weighted by Crippen LogP contribution is 2.05. The number of rotatable bonds is 5. The minimum Gasteiger partial charge on any atom is -0.383 e. The molecular formula is C8H16N2O2. The van der Waals surface area contributed by atoms with E-state index in [1.165, 1.54) is 6.20 Å². The quantitative estimate of drug-likeness (QED) is 0.507. The Morgan fingerprint density at radius 2 is 2.17 bits per heavy atom. The van der Waals surface area contributed by atoms with Gasteiger partial charge in [0.1, 0.15) is 0 Å². The molecule has 0 aliphatic rings. The fourth-order valence-electron chi connectivity index (χ4n) is 0.773. The van der Waals surface area contributed by atoms with E-state index in [1.54, 1.807) is 0 Å². The molecule has 0 aliphatic carbocycles. The lowest BCUT2D eigenvalue weighted by Crippen LogP contribution is -2.27. The Balaban J connectivity index is 3.70. The van der Waals surface area contributed by atoms with E-state index < -0.39 is 4.92 Å². The van der Waals surface area contributed by atoms with Crippen molar-refractivity contribution in [1.82, 2.24) is 5.32 Å². The van der Waals surface area contributed by atoms with Crippen molar-refractivity contribution in [2.45, 2.75) is 33.2 Å². The normalized spacial score (nSPS) is 15.9. The highest BCUT2D eigenvalue weighted by atomic mass is 16.6. The molecule has 0 spiro atoms. The van der Waals surface area contributed by atoms with Crippen LogP contribution in [0.25, 0.3) is 0 Å². The first kappa shape index (κ1) is 10.9. The molecule has 0 radical (unpaired) electrons. The van der Waals surface area contributed by atoms with Crippen molar-refractivity contribution in [3.05, 3.63) is 22.5 Å². The van der Waals surface area contributed by atoms with Gasteiger partial charge in [-0.1, -0.05) is 20.3 Å². The van der Waals surface area contributed by atoms with Gasteiger partial charge in [-0.25, -0.2) is 0 Å². The Labute approximate surface area is 72.8 Å². The third-order valence-corrected chi connectivity index (χ3v) is 2.05. The zero-order valence-corrected chi connectivity index (χ0v) is 7.78. The number of hydrogen-bond acceptors (Lipinski definition) is 3. The Kier molecular flexibility index (Phi) is 5.08. The molecule has 0 saturated carbocycles. The van der Waals surface area contributed by atoms with Gasteiger partial charge in [0, 0.05) is 6.04 Å². The van der Waals surface area contributed by atoms with Gasteiger partial charge in [0.15, 0.2) is 0 Å². The van der Waals surface area contributed by atoms with Crippen LogP contribution < -0.4 is 5.32 Å². The van der Waals surface area contributed by atoms with Gasteiger partial charge in [-0.15, -0.1) is 0 Å². The lowest BCUT2D eigenvalue weighted by atomic mass is 10.0. The molecule has 0 aromatic heterocycles. The Hall–Kier alpha value is -1.06. The van der Waals surface area contributed by atoms with Crippen molar-refractivity contribution in [1.29, 1.82) is 0 Å². The molecule has 12 heavy (non-hydrogen) atoms. The molecule has 0 aromatic rings. The zero-order valence-electron chi connectivity index (χ0n) is 7.78. The topological polar surface area (TPSA) is 55.2 Å². The molecule has 0 aliphatic heterocycles. The van der Waals surface area contributed by atoms with Crippen LogP contribution >= 0.6 is 0 Å². The van der Waals surface area contributed by atoms with Gasteiger partial charge in [-0.3, -0.25) is 10.1 Å². The third-order valence-electron chi connectivity index (χ3n) is 2.05. The predicted octanol–water partition coefficient (Wildman–Crippen LogP) is 1.76. The van der Waals surface area contributed by atoms with Crippen LogP contribution in [0.5, 0.6) is 0 Å². The van der Waals surface area contributed by atoms with E-state index in [4.69, 9.17) is 0 Å². The van der Waals surface area contributed by atoms with Crippen molar-refractivity contribution in [2.24, 2.45) is 5.92 Å². The third kappa shape index (κ3) is 4.71. The minimum absolute atomic E-state index is 0.284. The summed E-state index contributed by atoms with van der Waals surface area (Å²) < 4.78 is 0. The van der Waals surface area contributed by atoms with Crippen LogP contribution in [0.2, 0.25) is 0 Å². The summed E-state index contributed by atoms with van der Waals surface area (Å²) in [5, 5.41) is 12.8. The molecule has 0 heterocycles. The monoisotopic (exact) mass is 172 g/mol. The highest BCUT2D eigenvalue weighted by Gasteiger charge is 2.06. The molecule has 0 amide bonds. The predicted molar refractivity (Wildman–Crippen MR) is 48.2 cm³/mol. The summed E-state index contributed by atoms with van der Waals surface area (Å²) in [5.41, 5.74) is 0. The first-order valence-corrected chi connectivity index (χ1v) is 4.14. The molecule has 4 nitrogen and oxygen atoms in total. The smallest absolute Gasteiger partial charge is 0.249 e. The van der Waals surface area contributed by atoms with Gasteiger partial charge in [0.05, 0.1) is 11.1 Å². The largest absolute Gasteiger partial charge is 0.383 e.